The third kappa shape index (κ3) is 3.95. The van der Waals surface area contributed by atoms with Crippen LogP contribution in [-0.4, -0.2) is 47.2 Å². The van der Waals surface area contributed by atoms with Crippen LogP contribution < -0.4 is 0 Å². The summed E-state index contributed by atoms with van der Waals surface area (Å²) in [5.74, 6) is -0.691. The van der Waals surface area contributed by atoms with E-state index in [1.807, 2.05) is 18.2 Å². The number of fused-ring (bicyclic) bond motifs is 2. The van der Waals surface area contributed by atoms with Crippen LogP contribution in [-0.2, 0) is 6.18 Å². The maximum Gasteiger partial charge on any atom is 0.417 e. The van der Waals surface area contributed by atoms with Crippen LogP contribution >= 0.6 is 23.4 Å². The van der Waals surface area contributed by atoms with Gasteiger partial charge in [0.05, 0.1) is 56.4 Å². The molecule has 0 spiro atoms. The molecular weight excluding hydrogens is 457 g/mol. The lowest BCUT2D eigenvalue weighted by atomic mass is 10.1. The van der Waals surface area contributed by atoms with E-state index < -0.39 is 34.7 Å². The van der Waals surface area contributed by atoms with Crippen LogP contribution in [0.4, 0.5) is 13.2 Å². The predicted octanol–water partition coefficient (Wildman–Crippen LogP) is 4.39. The number of nitrogens with zero attached hydrogens (tertiary/aromatic N) is 4. The topological polar surface area (TPSA) is 104 Å². The number of para-hydroxylation sites is 2. The summed E-state index contributed by atoms with van der Waals surface area (Å²) in [5.41, 5.74) is 0.165. The summed E-state index contributed by atoms with van der Waals surface area (Å²) in [6.45, 7) is -0.312. The molecule has 0 amide bonds. The third-order valence-corrected chi connectivity index (χ3v) is 6.41. The molecule has 4 aromatic rings. The van der Waals surface area contributed by atoms with Gasteiger partial charge >= 0.3 is 12.2 Å². The number of hydrogen-bond acceptors (Lipinski definition) is 7. The van der Waals surface area contributed by atoms with Gasteiger partial charge in [0.2, 0.25) is 5.88 Å². The first-order valence-electron chi connectivity index (χ1n) is 8.85. The molecule has 0 saturated heterocycles. The van der Waals surface area contributed by atoms with Gasteiger partial charge in [0.1, 0.15) is 0 Å². The zero-order valence-electron chi connectivity index (χ0n) is 15.5. The van der Waals surface area contributed by atoms with E-state index in [1.54, 1.807) is 10.6 Å². The van der Waals surface area contributed by atoms with Crippen molar-refractivity contribution in [1.29, 1.82) is 0 Å². The molecule has 0 bridgehead atoms. The molecule has 0 saturated carbocycles. The summed E-state index contributed by atoms with van der Waals surface area (Å²) in [4.78, 5) is 11.2. The van der Waals surface area contributed by atoms with Crippen LogP contribution in [0.2, 0.25) is 5.02 Å². The number of thioether (sulfide) groups is 1. The Kier molecular flexibility index (Phi) is 5.58. The van der Waals surface area contributed by atoms with Crippen molar-refractivity contribution in [2.75, 3.05) is 12.4 Å². The second-order valence-corrected chi connectivity index (χ2v) is 8.00. The second-order valence-electron chi connectivity index (χ2n) is 6.60. The highest BCUT2D eigenvalue weighted by atomic mass is 35.5. The van der Waals surface area contributed by atoms with Gasteiger partial charge in [0, 0.05) is 5.75 Å². The Balaban J connectivity index is 1.79. The largest absolute Gasteiger partial charge is 0.493 e. The van der Waals surface area contributed by atoms with Crippen molar-refractivity contribution in [1.82, 2.24) is 19.5 Å². The lowest BCUT2D eigenvalue weighted by Gasteiger charge is -2.19. The summed E-state index contributed by atoms with van der Waals surface area (Å²) in [6, 6.07) is 6.53. The van der Waals surface area contributed by atoms with Gasteiger partial charge in [-0.1, -0.05) is 23.7 Å². The van der Waals surface area contributed by atoms with Crippen LogP contribution in [0.1, 0.15) is 11.6 Å². The number of aromatic hydroxyl groups is 2. The fourth-order valence-corrected chi connectivity index (χ4v) is 4.76. The molecule has 2 aromatic carbocycles. The van der Waals surface area contributed by atoms with Gasteiger partial charge in [0.25, 0.3) is 0 Å². The molecule has 0 fully saturated rings. The van der Waals surface area contributed by atoms with Crippen molar-refractivity contribution in [3.05, 3.63) is 47.2 Å². The molecule has 162 valence electrons. The summed E-state index contributed by atoms with van der Waals surface area (Å²) in [7, 11) is 0. The average molecular weight is 471 g/mol. The monoisotopic (exact) mass is 470 g/mol. The lowest BCUT2D eigenvalue weighted by molar-refractivity contribution is -0.137. The summed E-state index contributed by atoms with van der Waals surface area (Å²) < 4.78 is 42.3. The van der Waals surface area contributed by atoms with E-state index in [-0.39, 0.29) is 28.2 Å². The number of aromatic nitrogens is 4. The van der Waals surface area contributed by atoms with Gasteiger partial charge in [-0.2, -0.15) is 23.1 Å². The van der Waals surface area contributed by atoms with E-state index >= 15 is 0 Å². The van der Waals surface area contributed by atoms with Crippen molar-refractivity contribution in [2.24, 2.45) is 0 Å². The maximum atomic E-state index is 13.5. The fourth-order valence-electron chi connectivity index (χ4n) is 3.19. The Morgan fingerprint density at radius 2 is 1.90 bits per heavy atom. The number of alkyl halides is 3. The van der Waals surface area contributed by atoms with E-state index in [0.717, 1.165) is 17.3 Å². The first-order valence-corrected chi connectivity index (χ1v) is 10.2. The number of imidazole rings is 1. The molecule has 2 heterocycles. The van der Waals surface area contributed by atoms with E-state index in [1.165, 1.54) is 6.33 Å². The number of aliphatic hydroxyl groups is 1. The Morgan fingerprint density at radius 3 is 2.61 bits per heavy atom. The summed E-state index contributed by atoms with van der Waals surface area (Å²) in [5, 5.41) is 28.6. The first kappa shape index (κ1) is 21.5. The van der Waals surface area contributed by atoms with Gasteiger partial charge in [0.15, 0.2) is 0 Å². The van der Waals surface area contributed by atoms with Crippen LogP contribution in [0.3, 0.4) is 0 Å². The average Bonchev–Trinajstić information content (AvgIpc) is 3.13. The van der Waals surface area contributed by atoms with Crippen LogP contribution in [0, 0.1) is 0 Å². The van der Waals surface area contributed by atoms with E-state index in [2.05, 4.69) is 15.0 Å². The molecule has 4 rings (SSSR count). The van der Waals surface area contributed by atoms with Crippen molar-refractivity contribution >= 4 is 45.3 Å². The van der Waals surface area contributed by atoms with Gasteiger partial charge in [-0.05, 0) is 18.2 Å². The molecule has 7 nitrogen and oxygen atoms in total. The zero-order valence-corrected chi connectivity index (χ0v) is 17.1. The van der Waals surface area contributed by atoms with E-state index in [9.17, 15) is 28.5 Å². The summed E-state index contributed by atoms with van der Waals surface area (Å²) in [6.07, 6.45) is -3.25. The molecule has 1 atom stereocenters. The smallest absolute Gasteiger partial charge is 0.417 e. The van der Waals surface area contributed by atoms with Gasteiger partial charge < -0.3 is 19.9 Å². The normalized spacial score (nSPS) is 13.2. The zero-order chi connectivity index (χ0) is 22.3. The fraction of sp³-hybridized carbons (Fsp3) is 0.211. The number of aliphatic hydroxyl groups excluding tert-OH is 1. The molecule has 2 aromatic heterocycles. The Bertz CT molecular complexity index is 1280. The minimum Gasteiger partial charge on any atom is -0.493 e. The minimum absolute atomic E-state index is 0.0950. The summed E-state index contributed by atoms with van der Waals surface area (Å²) >= 11 is 6.99. The van der Waals surface area contributed by atoms with Gasteiger partial charge in [-0.3, -0.25) is 0 Å². The maximum absolute atomic E-state index is 13.5. The third-order valence-electron chi connectivity index (χ3n) is 4.66. The second kappa shape index (κ2) is 8.06. The SMILES string of the molecule is OC[C@@H](CSc1c(Cl)c(C(F)(F)F)cc2c(O)nc(O)nc12)n1cnc2ccccc21. The van der Waals surface area contributed by atoms with Crippen molar-refractivity contribution < 1.29 is 28.5 Å². The van der Waals surface area contributed by atoms with E-state index in [0.29, 0.717) is 11.6 Å². The first-order chi connectivity index (χ1) is 14.7. The standard InChI is InChI=1S/C19H14ClF3N4O3S/c20-14-11(19(21,22)23)5-10-15(25-18(30)26-17(10)29)16(14)31-7-9(6-28)27-8-24-12-3-1-2-4-13(12)27/h1-5,8-9,28H,6-7H2,(H2,25,26,29,30)/t9-/m0/s1. The highest BCUT2D eigenvalue weighted by molar-refractivity contribution is 7.99. The molecule has 3 N–H and O–H groups in total. The highest BCUT2D eigenvalue weighted by Crippen LogP contribution is 2.45. The predicted molar refractivity (Wildman–Crippen MR) is 109 cm³/mol. The number of hydrogen-bond donors (Lipinski definition) is 3. The van der Waals surface area contributed by atoms with Crippen LogP contribution in [0.25, 0.3) is 21.9 Å². The number of benzene rings is 2. The van der Waals surface area contributed by atoms with Crippen molar-refractivity contribution in [3.8, 4) is 11.9 Å². The molecule has 0 aliphatic heterocycles. The van der Waals surface area contributed by atoms with Gasteiger partial charge in [-0.25, -0.2) is 4.98 Å². The van der Waals surface area contributed by atoms with Crippen molar-refractivity contribution in [3.63, 3.8) is 0 Å². The van der Waals surface area contributed by atoms with E-state index in [4.69, 9.17) is 11.6 Å². The molecule has 0 aliphatic carbocycles. The minimum atomic E-state index is -4.79. The van der Waals surface area contributed by atoms with Crippen LogP contribution in [0.15, 0.2) is 41.6 Å². The lowest BCUT2D eigenvalue weighted by Crippen LogP contribution is -2.15. The molecule has 0 unspecified atom stereocenters. The van der Waals surface area contributed by atoms with Crippen LogP contribution in [0.5, 0.6) is 11.9 Å². The Morgan fingerprint density at radius 1 is 1.16 bits per heavy atom. The molecule has 31 heavy (non-hydrogen) atoms. The molecular formula is C19H14ClF3N4O3S. The Labute approximate surface area is 182 Å². The Hall–Kier alpha value is -2.76. The number of rotatable bonds is 5. The molecule has 0 aliphatic rings. The van der Waals surface area contributed by atoms with Gasteiger partial charge in [-0.15, -0.1) is 11.8 Å². The van der Waals surface area contributed by atoms with Crippen molar-refractivity contribution in [2.45, 2.75) is 17.1 Å². The quantitative estimate of drug-likeness (QED) is 0.371. The number of halogens is 4. The highest BCUT2D eigenvalue weighted by Gasteiger charge is 2.36. The molecule has 0 radical (unpaired) electrons. The molecule has 12 heteroatoms.